The highest BCUT2D eigenvalue weighted by molar-refractivity contribution is 6.24. The molecule has 59 heavy (non-hydrogen) atoms. The van der Waals surface area contributed by atoms with E-state index in [-0.39, 0.29) is 0 Å². The van der Waals surface area contributed by atoms with Crippen molar-refractivity contribution in [3.63, 3.8) is 0 Å². The zero-order valence-electron chi connectivity index (χ0n) is 32.5. The molecule has 0 atom stereocenters. The normalized spacial score (nSPS) is 11.4. The van der Waals surface area contributed by atoms with Crippen molar-refractivity contribution in [2.45, 2.75) is 0 Å². The van der Waals surface area contributed by atoms with Crippen molar-refractivity contribution in [2.24, 2.45) is 0 Å². The number of hydrogen-bond acceptors (Lipinski definition) is 1. The summed E-state index contributed by atoms with van der Waals surface area (Å²) in [5, 5.41) is 10.0. The fourth-order valence-corrected chi connectivity index (χ4v) is 9.04. The largest absolute Gasteiger partial charge is 0.309 e. The van der Waals surface area contributed by atoms with E-state index >= 15 is 0 Å². The van der Waals surface area contributed by atoms with E-state index in [9.17, 15) is 0 Å². The molecule has 0 N–H and O–H groups in total. The summed E-state index contributed by atoms with van der Waals surface area (Å²) in [4.78, 5) is 2.45. The maximum Gasteiger partial charge on any atom is 0.0540 e. The van der Waals surface area contributed by atoms with Crippen molar-refractivity contribution in [1.29, 1.82) is 0 Å². The van der Waals surface area contributed by atoms with Crippen molar-refractivity contribution in [2.75, 3.05) is 4.90 Å². The SMILES string of the molecule is c1ccc(-c2ccc(-c3ccc(N(c4ccccc4-c4ccccc4)c4ccc(-c5cc6ccc7ccccc7c6c6ccccc56)c5ccccc45)cc3)cc2)cc1. The smallest absolute Gasteiger partial charge is 0.0540 e. The molecular formula is C58H39N. The molecule has 1 nitrogen and oxygen atoms in total. The number of fused-ring (bicyclic) bond motifs is 6. The van der Waals surface area contributed by atoms with E-state index in [0.29, 0.717) is 0 Å². The van der Waals surface area contributed by atoms with Gasteiger partial charge in [0.15, 0.2) is 0 Å². The van der Waals surface area contributed by atoms with Crippen LogP contribution in [0.15, 0.2) is 237 Å². The molecule has 11 aromatic carbocycles. The molecule has 0 spiro atoms. The molecule has 0 amide bonds. The predicted molar refractivity (Wildman–Crippen MR) is 253 cm³/mol. The van der Waals surface area contributed by atoms with Crippen molar-refractivity contribution in [3.05, 3.63) is 237 Å². The van der Waals surface area contributed by atoms with Gasteiger partial charge in [0.05, 0.1) is 11.4 Å². The molecule has 0 fully saturated rings. The fourth-order valence-electron chi connectivity index (χ4n) is 9.04. The summed E-state index contributed by atoms with van der Waals surface area (Å²) in [6, 6.07) is 86.2. The number of anilines is 3. The van der Waals surface area contributed by atoms with Gasteiger partial charge in [-0.05, 0) is 107 Å². The molecule has 0 saturated carbocycles. The van der Waals surface area contributed by atoms with E-state index in [1.165, 1.54) is 87.6 Å². The van der Waals surface area contributed by atoms with Crippen LogP contribution in [0.25, 0.3) is 87.6 Å². The molecule has 1 heteroatoms. The van der Waals surface area contributed by atoms with Gasteiger partial charge in [0.2, 0.25) is 0 Å². The average molecular weight is 750 g/mol. The maximum absolute atomic E-state index is 2.45. The van der Waals surface area contributed by atoms with Gasteiger partial charge in [-0.3, -0.25) is 0 Å². The first-order chi connectivity index (χ1) is 29.3. The van der Waals surface area contributed by atoms with Gasteiger partial charge in [0.25, 0.3) is 0 Å². The van der Waals surface area contributed by atoms with Crippen LogP contribution in [-0.4, -0.2) is 0 Å². The van der Waals surface area contributed by atoms with Crippen LogP contribution in [0.3, 0.4) is 0 Å². The third kappa shape index (κ3) is 6.12. The topological polar surface area (TPSA) is 3.24 Å². The van der Waals surface area contributed by atoms with Crippen LogP contribution in [0.4, 0.5) is 17.1 Å². The van der Waals surface area contributed by atoms with Crippen LogP contribution in [0.2, 0.25) is 0 Å². The van der Waals surface area contributed by atoms with Crippen LogP contribution < -0.4 is 4.90 Å². The molecule has 0 radical (unpaired) electrons. The Morgan fingerprint density at radius 1 is 0.237 bits per heavy atom. The lowest BCUT2D eigenvalue weighted by molar-refractivity contribution is 1.30. The highest BCUT2D eigenvalue weighted by atomic mass is 15.1. The second-order valence-electron chi connectivity index (χ2n) is 15.2. The summed E-state index contributed by atoms with van der Waals surface area (Å²) in [6.07, 6.45) is 0. The Kier molecular flexibility index (Phi) is 8.56. The fraction of sp³-hybridized carbons (Fsp3) is 0. The van der Waals surface area contributed by atoms with E-state index in [0.717, 1.165) is 17.1 Å². The maximum atomic E-state index is 2.45. The van der Waals surface area contributed by atoms with Gasteiger partial charge < -0.3 is 4.90 Å². The Labute approximate surface area is 344 Å². The molecule has 11 aromatic rings. The van der Waals surface area contributed by atoms with Gasteiger partial charge >= 0.3 is 0 Å². The third-order valence-electron chi connectivity index (χ3n) is 11.9. The van der Waals surface area contributed by atoms with Crippen molar-refractivity contribution in [1.82, 2.24) is 0 Å². The Balaban J connectivity index is 1.09. The lowest BCUT2D eigenvalue weighted by atomic mass is 9.88. The molecule has 0 aliphatic rings. The first-order valence-corrected chi connectivity index (χ1v) is 20.3. The summed E-state index contributed by atoms with van der Waals surface area (Å²) in [5.41, 5.74) is 13.0. The van der Waals surface area contributed by atoms with Gasteiger partial charge in [-0.2, -0.15) is 0 Å². The first kappa shape index (κ1) is 34.5. The quantitative estimate of drug-likeness (QED) is 0.147. The minimum atomic E-state index is 1.10. The van der Waals surface area contributed by atoms with E-state index in [1.807, 2.05) is 0 Å². The lowest BCUT2D eigenvalue weighted by Gasteiger charge is -2.30. The molecule has 11 rings (SSSR count). The monoisotopic (exact) mass is 749 g/mol. The minimum Gasteiger partial charge on any atom is -0.309 e. The van der Waals surface area contributed by atoms with Gasteiger partial charge in [-0.1, -0.05) is 206 Å². The van der Waals surface area contributed by atoms with Crippen LogP contribution in [-0.2, 0) is 0 Å². The van der Waals surface area contributed by atoms with Crippen LogP contribution in [0.5, 0.6) is 0 Å². The predicted octanol–water partition coefficient (Wildman–Crippen LogP) is 16.4. The average Bonchev–Trinajstić information content (AvgIpc) is 3.32. The van der Waals surface area contributed by atoms with Crippen LogP contribution >= 0.6 is 0 Å². The van der Waals surface area contributed by atoms with Crippen molar-refractivity contribution >= 4 is 60.2 Å². The zero-order chi connectivity index (χ0) is 39.1. The molecular weight excluding hydrogens is 711 g/mol. The van der Waals surface area contributed by atoms with E-state index in [4.69, 9.17) is 0 Å². The van der Waals surface area contributed by atoms with Gasteiger partial charge in [0.1, 0.15) is 0 Å². The van der Waals surface area contributed by atoms with Gasteiger partial charge in [-0.25, -0.2) is 0 Å². The Morgan fingerprint density at radius 2 is 0.729 bits per heavy atom. The van der Waals surface area contributed by atoms with Crippen LogP contribution in [0, 0.1) is 0 Å². The minimum absolute atomic E-state index is 1.10. The van der Waals surface area contributed by atoms with Gasteiger partial charge in [0, 0.05) is 16.6 Å². The summed E-state index contributed by atoms with van der Waals surface area (Å²) >= 11 is 0. The molecule has 0 aliphatic heterocycles. The van der Waals surface area contributed by atoms with E-state index in [2.05, 4.69) is 241 Å². The zero-order valence-corrected chi connectivity index (χ0v) is 32.5. The van der Waals surface area contributed by atoms with Crippen molar-refractivity contribution < 1.29 is 0 Å². The molecule has 0 aliphatic carbocycles. The number of rotatable bonds is 7. The number of nitrogens with zero attached hydrogens (tertiary/aromatic N) is 1. The summed E-state index contributed by atoms with van der Waals surface area (Å²) in [5.74, 6) is 0. The standard InChI is InChI=1S/C58H39N/c1-3-15-40(16-4-1)41-27-29-42(30-28-41)43-33-35-47(36-34-43)59(56-26-14-13-20-48(56)44-17-5-2-6-18-44)57-38-37-52(50-22-9-11-24-53(50)57)55-39-46-32-31-45-19-7-8-21-49(45)58(46)54-25-12-10-23-51(54)55/h1-39H. The molecule has 0 bridgehead atoms. The Morgan fingerprint density at radius 3 is 1.42 bits per heavy atom. The number of benzene rings is 11. The molecule has 0 saturated heterocycles. The molecule has 0 aromatic heterocycles. The lowest BCUT2D eigenvalue weighted by Crippen LogP contribution is -2.12. The number of hydrogen-bond donors (Lipinski definition) is 0. The molecule has 0 unspecified atom stereocenters. The summed E-state index contributed by atoms with van der Waals surface area (Å²) in [7, 11) is 0. The third-order valence-corrected chi connectivity index (χ3v) is 11.9. The van der Waals surface area contributed by atoms with Gasteiger partial charge in [-0.15, -0.1) is 0 Å². The van der Waals surface area contributed by atoms with Crippen LogP contribution in [0.1, 0.15) is 0 Å². The first-order valence-electron chi connectivity index (χ1n) is 20.3. The van der Waals surface area contributed by atoms with Crippen molar-refractivity contribution in [3.8, 4) is 44.5 Å². The van der Waals surface area contributed by atoms with E-state index in [1.54, 1.807) is 0 Å². The number of para-hydroxylation sites is 1. The highest BCUT2D eigenvalue weighted by Gasteiger charge is 2.21. The summed E-state index contributed by atoms with van der Waals surface area (Å²) in [6.45, 7) is 0. The Bertz CT molecular complexity index is 3290. The molecule has 0 heterocycles. The van der Waals surface area contributed by atoms with E-state index < -0.39 is 0 Å². The highest BCUT2D eigenvalue weighted by Crippen LogP contribution is 2.47. The second kappa shape index (κ2) is 14.6. The second-order valence-corrected chi connectivity index (χ2v) is 15.2. The summed E-state index contributed by atoms with van der Waals surface area (Å²) < 4.78 is 0. The Hall–Kier alpha value is -7.74. The molecule has 276 valence electrons.